The van der Waals surface area contributed by atoms with E-state index in [9.17, 15) is 20.1 Å². The Bertz CT molecular complexity index is 1270. The molecule has 0 spiro atoms. The van der Waals surface area contributed by atoms with E-state index < -0.39 is 36.7 Å². The fraction of sp³-hybridized carbons (Fsp3) is 0.458. The van der Waals surface area contributed by atoms with E-state index in [0.717, 1.165) is 11.1 Å². The van der Waals surface area contributed by atoms with Gasteiger partial charge in [-0.2, -0.15) is 15.1 Å². The maximum Gasteiger partial charge on any atom is 0.306 e. The molecule has 13 heteroatoms. The molecule has 1 unspecified atom stereocenters. The number of nitrogens with zero attached hydrogens (tertiary/aromatic N) is 5. The minimum Gasteiger partial charge on any atom is -0.460 e. The molecule has 1 fully saturated rings. The van der Waals surface area contributed by atoms with E-state index >= 15 is 0 Å². The Hall–Kier alpha value is -3.65. The van der Waals surface area contributed by atoms with Crippen molar-refractivity contribution in [1.82, 2.24) is 19.5 Å². The van der Waals surface area contributed by atoms with Gasteiger partial charge in [-0.1, -0.05) is 24.3 Å². The number of carbonyl (C=O) groups excluding carboxylic acids is 1. The molecule has 0 bridgehead atoms. The second-order valence-electron chi connectivity index (χ2n) is 9.68. The molecular weight excluding hydrogens is 482 g/mol. The van der Waals surface area contributed by atoms with Crippen molar-refractivity contribution in [2.24, 2.45) is 5.10 Å². The first-order valence-corrected chi connectivity index (χ1v) is 11.8. The third kappa shape index (κ3) is 6.20. The molecule has 0 amide bonds. The van der Waals surface area contributed by atoms with Crippen molar-refractivity contribution in [2.45, 2.75) is 63.8 Å². The molecule has 2 aromatic heterocycles. The van der Waals surface area contributed by atoms with Gasteiger partial charge in [-0.15, -0.1) is 0 Å². The Labute approximate surface area is 213 Å². The number of aliphatic hydroxyl groups excluding tert-OH is 3. The molecule has 6 N–H and O–H groups in total. The summed E-state index contributed by atoms with van der Waals surface area (Å²) in [4.78, 5) is 24.6. The van der Waals surface area contributed by atoms with Gasteiger partial charge in [-0.3, -0.25) is 9.36 Å². The molecule has 4 atom stereocenters. The van der Waals surface area contributed by atoms with Crippen molar-refractivity contribution in [3.63, 3.8) is 0 Å². The molecule has 4 rings (SSSR count). The second-order valence-corrected chi connectivity index (χ2v) is 9.68. The van der Waals surface area contributed by atoms with Crippen molar-refractivity contribution >= 4 is 35.1 Å². The molecule has 0 radical (unpaired) electrons. The van der Waals surface area contributed by atoms with Crippen LogP contribution in [-0.4, -0.2) is 77.5 Å². The number of aryl methyl sites for hydroxylation is 1. The lowest BCUT2D eigenvalue weighted by Gasteiger charge is -2.19. The third-order valence-electron chi connectivity index (χ3n) is 5.64. The lowest BCUT2D eigenvalue weighted by molar-refractivity contribution is -0.154. The molecular formula is C24H31N7O6. The fourth-order valence-corrected chi connectivity index (χ4v) is 3.86. The number of rotatable bonds is 8. The molecule has 1 aliphatic heterocycles. The lowest BCUT2D eigenvalue weighted by Crippen LogP contribution is -2.33. The molecule has 1 aromatic carbocycles. The number of esters is 1. The maximum absolute atomic E-state index is 11.9. The number of hydrogen-bond acceptors (Lipinski definition) is 12. The van der Waals surface area contributed by atoms with Crippen molar-refractivity contribution in [2.75, 3.05) is 17.8 Å². The van der Waals surface area contributed by atoms with Gasteiger partial charge < -0.3 is 30.5 Å². The summed E-state index contributed by atoms with van der Waals surface area (Å²) in [5.74, 6) is -0.0652. The zero-order valence-corrected chi connectivity index (χ0v) is 20.8. The number of benzene rings is 1. The molecule has 3 heterocycles. The fourth-order valence-electron chi connectivity index (χ4n) is 3.86. The number of hydrazone groups is 1. The van der Waals surface area contributed by atoms with Crippen molar-refractivity contribution in [1.29, 1.82) is 0 Å². The van der Waals surface area contributed by atoms with Gasteiger partial charge in [0.1, 0.15) is 29.4 Å². The Morgan fingerprint density at radius 1 is 1.24 bits per heavy atom. The third-order valence-corrected chi connectivity index (χ3v) is 5.64. The van der Waals surface area contributed by atoms with Crippen molar-refractivity contribution in [3.05, 3.63) is 41.7 Å². The minimum absolute atomic E-state index is 0.0857. The summed E-state index contributed by atoms with van der Waals surface area (Å²) in [7, 11) is 0. The predicted molar refractivity (Wildman–Crippen MR) is 135 cm³/mol. The SMILES string of the molecule is CC(C)(C)OC(=O)CCc1ccc(/C=N/Nc2nc(N)c3ncn(C4O[C@H](CO)[C@@H](O)[C@H]4O)c3n2)cc1. The molecule has 1 saturated heterocycles. The monoisotopic (exact) mass is 513 g/mol. The summed E-state index contributed by atoms with van der Waals surface area (Å²) in [6.45, 7) is 5.06. The van der Waals surface area contributed by atoms with Crippen LogP contribution in [0.1, 0.15) is 44.5 Å². The van der Waals surface area contributed by atoms with Crippen molar-refractivity contribution < 1.29 is 29.6 Å². The minimum atomic E-state index is -1.30. The van der Waals surface area contributed by atoms with Crippen LogP contribution in [0.15, 0.2) is 35.7 Å². The molecule has 0 aliphatic carbocycles. The number of nitrogens with two attached hydrogens (primary N) is 1. The summed E-state index contributed by atoms with van der Waals surface area (Å²) in [5.41, 5.74) is 10.6. The summed E-state index contributed by atoms with van der Waals surface area (Å²) in [6, 6.07) is 7.55. The van der Waals surface area contributed by atoms with Gasteiger partial charge in [0.25, 0.3) is 0 Å². The standard InChI is InChI=1S/C24H31N7O6/c1-24(2,3)37-16(33)9-8-13-4-6-14(7-5-13)10-27-30-23-28-20(25)17-21(29-23)31(12-26-17)22-19(35)18(34)15(11-32)36-22/h4-7,10,12,15,18-19,22,32,34-35H,8-9,11H2,1-3H3,(H3,25,28,29,30)/b27-10+/t15-,18-,19-,22?/m1/s1. The summed E-state index contributed by atoms with van der Waals surface area (Å²) >= 11 is 0. The van der Waals surface area contributed by atoms with E-state index in [2.05, 4.69) is 25.5 Å². The van der Waals surface area contributed by atoms with Gasteiger partial charge in [-0.25, -0.2) is 10.4 Å². The van der Waals surface area contributed by atoms with Crippen LogP contribution in [0.25, 0.3) is 11.2 Å². The Balaban J connectivity index is 1.41. The number of hydrogen-bond donors (Lipinski definition) is 5. The highest BCUT2D eigenvalue weighted by molar-refractivity contribution is 5.83. The number of aromatic nitrogens is 4. The van der Waals surface area contributed by atoms with Gasteiger partial charge >= 0.3 is 5.97 Å². The second kappa shape index (κ2) is 10.8. The van der Waals surface area contributed by atoms with Gasteiger partial charge in [0.05, 0.1) is 19.1 Å². The molecule has 1 aliphatic rings. The molecule has 13 nitrogen and oxygen atoms in total. The smallest absolute Gasteiger partial charge is 0.306 e. The van der Waals surface area contributed by atoms with E-state index in [0.29, 0.717) is 12.8 Å². The van der Waals surface area contributed by atoms with Crippen LogP contribution in [0.5, 0.6) is 0 Å². The molecule has 198 valence electrons. The van der Waals surface area contributed by atoms with E-state index in [1.54, 1.807) is 6.21 Å². The Morgan fingerprint density at radius 3 is 2.62 bits per heavy atom. The topological polar surface area (TPSA) is 190 Å². The summed E-state index contributed by atoms with van der Waals surface area (Å²) < 4.78 is 12.3. The maximum atomic E-state index is 11.9. The van der Waals surface area contributed by atoms with Gasteiger partial charge in [-0.05, 0) is 38.3 Å². The van der Waals surface area contributed by atoms with Crippen LogP contribution in [0, 0.1) is 0 Å². The van der Waals surface area contributed by atoms with Crippen LogP contribution in [0.4, 0.5) is 11.8 Å². The van der Waals surface area contributed by atoms with Crippen LogP contribution < -0.4 is 11.2 Å². The Kier molecular flexibility index (Phi) is 7.68. The zero-order chi connectivity index (χ0) is 26.7. The number of carbonyl (C=O) groups is 1. The lowest BCUT2D eigenvalue weighted by atomic mass is 10.1. The number of fused-ring (bicyclic) bond motifs is 1. The largest absolute Gasteiger partial charge is 0.460 e. The quantitative estimate of drug-likeness (QED) is 0.162. The first-order valence-electron chi connectivity index (χ1n) is 11.8. The van der Waals surface area contributed by atoms with Gasteiger partial charge in [0.15, 0.2) is 17.7 Å². The predicted octanol–water partition coefficient (Wildman–Crippen LogP) is 0.740. The van der Waals surface area contributed by atoms with E-state index in [1.165, 1.54) is 10.9 Å². The highest BCUT2D eigenvalue weighted by Gasteiger charge is 2.44. The van der Waals surface area contributed by atoms with Gasteiger partial charge in [0.2, 0.25) is 5.95 Å². The summed E-state index contributed by atoms with van der Waals surface area (Å²) in [5, 5.41) is 33.9. The average molecular weight is 514 g/mol. The number of nitrogen functional groups attached to an aromatic ring is 1. The number of anilines is 2. The highest BCUT2D eigenvalue weighted by atomic mass is 16.6. The highest BCUT2D eigenvalue weighted by Crippen LogP contribution is 2.32. The number of aliphatic hydroxyl groups is 3. The van der Waals surface area contributed by atoms with Crippen molar-refractivity contribution in [3.8, 4) is 0 Å². The number of nitrogens with one attached hydrogen (secondary N) is 1. The van der Waals surface area contributed by atoms with Crippen LogP contribution >= 0.6 is 0 Å². The van der Waals surface area contributed by atoms with Crippen LogP contribution in [0.3, 0.4) is 0 Å². The summed E-state index contributed by atoms with van der Waals surface area (Å²) in [6.07, 6.45) is -0.713. The number of imidazole rings is 1. The van der Waals surface area contributed by atoms with E-state index in [-0.39, 0.29) is 28.9 Å². The molecule has 37 heavy (non-hydrogen) atoms. The zero-order valence-electron chi connectivity index (χ0n) is 20.8. The van der Waals surface area contributed by atoms with Crippen LogP contribution in [0.2, 0.25) is 0 Å². The first-order chi connectivity index (χ1) is 17.6. The molecule has 0 saturated carbocycles. The Morgan fingerprint density at radius 2 is 1.97 bits per heavy atom. The average Bonchev–Trinajstić information content (AvgIpc) is 3.38. The first kappa shape index (κ1) is 26.4. The molecule has 3 aromatic rings. The number of ether oxygens (including phenoxy) is 2. The van der Waals surface area contributed by atoms with E-state index in [4.69, 9.17) is 15.2 Å². The van der Waals surface area contributed by atoms with Gasteiger partial charge in [0, 0.05) is 6.42 Å². The normalized spacial score (nSPS) is 22.1. The van der Waals surface area contributed by atoms with E-state index in [1.807, 2.05) is 45.0 Å². The van der Waals surface area contributed by atoms with Crippen LogP contribution in [-0.2, 0) is 20.7 Å².